The molecule has 0 aliphatic carbocycles. The summed E-state index contributed by atoms with van der Waals surface area (Å²) in [6, 6.07) is 0. The Morgan fingerprint density at radius 1 is 0.533 bits per heavy atom. The number of hydrogen-bond acceptors (Lipinski definition) is 14. The predicted octanol–water partition coefficient (Wildman–Crippen LogP) is 7.45. The fraction of sp³-hybridized carbons (Fsp3) is 0.250. The van der Waals surface area contributed by atoms with Gasteiger partial charge < -0.3 is 9.47 Å². The Balaban J connectivity index is 1.29. The summed E-state index contributed by atoms with van der Waals surface area (Å²) in [6.07, 6.45) is 0. The minimum Gasteiger partial charge on any atom is -0.465 e. The van der Waals surface area contributed by atoms with E-state index in [1.807, 2.05) is 70.6 Å². The summed E-state index contributed by atoms with van der Waals surface area (Å²) >= 11 is 17.5. The van der Waals surface area contributed by atoms with Crippen molar-refractivity contribution in [1.29, 1.82) is 0 Å². The highest BCUT2D eigenvalue weighted by Crippen LogP contribution is 2.72. The van der Waals surface area contributed by atoms with Crippen LogP contribution in [0.25, 0.3) is 0 Å². The molecule has 0 N–H and O–H groups in total. The van der Waals surface area contributed by atoms with Crippen molar-refractivity contribution in [3.8, 4) is 0 Å². The summed E-state index contributed by atoms with van der Waals surface area (Å²) < 4.78 is 20.0. The first kappa shape index (κ1) is 22.9. The van der Waals surface area contributed by atoms with E-state index in [2.05, 4.69) is 0 Å². The first-order valence-corrected chi connectivity index (χ1v) is 16.6. The van der Waals surface area contributed by atoms with Crippen molar-refractivity contribution < 1.29 is 19.1 Å². The third kappa shape index (κ3) is 4.43. The van der Waals surface area contributed by atoms with Crippen LogP contribution in [0.2, 0.25) is 0 Å². The molecular formula is C16H10O4S10. The van der Waals surface area contributed by atoms with Gasteiger partial charge in [-0.2, -0.15) is 0 Å². The van der Waals surface area contributed by atoms with Crippen molar-refractivity contribution >= 4 is 130 Å². The smallest absolute Gasteiger partial charge is 0.346 e. The van der Waals surface area contributed by atoms with Gasteiger partial charge in [0.25, 0.3) is 0 Å². The normalized spacial score (nSPS) is 23.7. The number of rotatable bonds is 2. The molecule has 4 nitrogen and oxygen atoms in total. The first-order valence-electron chi connectivity index (χ1n) is 8.13. The SMILES string of the molecule is COC(=O)C1=C(C(=O)OC)SC(=C2SC3=C(SC(=C4SC5=C(SCCS5)S4)S3)S2)S1. The molecule has 0 aromatic heterocycles. The number of hydrogen-bond donors (Lipinski definition) is 0. The molecule has 0 aromatic rings. The van der Waals surface area contributed by atoms with Crippen molar-refractivity contribution in [1.82, 2.24) is 0 Å². The van der Waals surface area contributed by atoms with Crippen LogP contribution in [0, 0.1) is 0 Å². The van der Waals surface area contributed by atoms with E-state index in [9.17, 15) is 9.59 Å². The van der Waals surface area contributed by atoms with Crippen LogP contribution in [-0.4, -0.2) is 37.7 Å². The Hall–Kier alpha value is 1.14. The van der Waals surface area contributed by atoms with E-state index in [1.165, 1.54) is 74.7 Å². The van der Waals surface area contributed by atoms with E-state index in [4.69, 9.17) is 9.47 Å². The number of thioether (sulfide) groups is 10. The second-order valence-corrected chi connectivity index (χ2v) is 17.9. The van der Waals surface area contributed by atoms with Gasteiger partial charge in [-0.25, -0.2) is 9.59 Å². The van der Waals surface area contributed by atoms with Gasteiger partial charge in [0, 0.05) is 11.5 Å². The molecule has 0 aromatic carbocycles. The van der Waals surface area contributed by atoms with Crippen LogP contribution in [0.3, 0.4) is 0 Å². The lowest BCUT2D eigenvalue weighted by Crippen LogP contribution is -2.08. The molecule has 0 unspecified atom stereocenters. The number of methoxy groups -OCH3 is 2. The number of carbonyl (C=O) groups excluding carboxylic acids is 2. The summed E-state index contributed by atoms with van der Waals surface area (Å²) in [5, 5.41) is 0. The molecule has 30 heavy (non-hydrogen) atoms. The van der Waals surface area contributed by atoms with Gasteiger partial charge >= 0.3 is 11.9 Å². The third-order valence-electron chi connectivity index (χ3n) is 3.67. The monoisotopic (exact) mass is 586 g/mol. The zero-order valence-electron chi connectivity index (χ0n) is 15.1. The van der Waals surface area contributed by atoms with Crippen molar-refractivity contribution in [2.75, 3.05) is 25.7 Å². The molecular weight excluding hydrogens is 577 g/mol. The fourth-order valence-electron chi connectivity index (χ4n) is 2.39. The van der Waals surface area contributed by atoms with Crippen molar-refractivity contribution in [3.63, 3.8) is 0 Å². The number of carbonyl (C=O) groups is 2. The largest absolute Gasteiger partial charge is 0.465 e. The van der Waals surface area contributed by atoms with Crippen LogP contribution in [0.5, 0.6) is 0 Å². The maximum absolute atomic E-state index is 12.1. The molecule has 0 atom stereocenters. The summed E-state index contributed by atoms with van der Waals surface area (Å²) in [5.41, 5.74) is 0. The number of esters is 2. The molecule has 5 aliphatic rings. The quantitative estimate of drug-likeness (QED) is 0.301. The highest BCUT2D eigenvalue weighted by atomic mass is 32.3. The summed E-state index contributed by atoms with van der Waals surface area (Å²) in [6.45, 7) is 0. The van der Waals surface area contributed by atoms with Crippen molar-refractivity contribution in [2.24, 2.45) is 0 Å². The van der Waals surface area contributed by atoms with Gasteiger partial charge in [-0.05, 0) is 0 Å². The number of ether oxygens (including phenoxy) is 2. The van der Waals surface area contributed by atoms with E-state index in [-0.39, 0.29) is 0 Å². The maximum atomic E-state index is 12.1. The Morgan fingerprint density at radius 2 is 0.833 bits per heavy atom. The van der Waals surface area contributed by atoms with Crippen molar-refractivity contribution in [2.45, 2.75) is 0 Å². The Morgan fingerprint density at radius 3 is 1.17 bits per heavy atom. The molecule has 5 aliphatic heterocycles. The molecule has 0 spiro atoms. The topological polar surface area (TPSA) is 52.6 Å². The van der Waals surface area contributed by atoms with Gasteiger partial charge in [0.05, 0.1) is 48.1 Å². The summed E-state index contributed by atoms with van der Waals surface area (Å²) in [4.78, 5) is 24.8. The summed E-state index contributed by atoms with van der Waals surface area (Å²) in [5.74, 6) is 1.38. The third-order valence-corrected chi connectivity index (χ3v) is 18.7. The molecule has 158 valence electrons. The standard InChI is InChI=1S/C16H10O4S10/c1-19-7(17)5-6(8(18)20-2)24-11(23-5)12-27-15-16(28-12)30-14(29-15)13-25-9-10(26-13)22-4-3-21-9/h3-4H2,1-2H3. The molecule has 5 heterocycles. The molecule has 0 amide bonds. The van der Waals surface area contributed by atoms with E-state index >= 15 is 0 Å². The molecule has 0 bridgehead atoms. The van der Waals surface area contributed by atoms with Gasteiger partial charge in [-0.3, -0.25) is 0 Å². The molecule has 14 heteroatoms. The second-order valence-electron chi connectivity index (χ2n) is 5.45. The van der Waals surface area contributed by atoms with E-state index in [0.29, 0.717) is 9.81 Å². The highest BCUT2D eigenvalue weighted by Gasteiger charge is 2.39. The highest BCUT2D eigenvalue weighted by molar-refractivity contribution is 8.50. The Bertz CT molecular complexity index is 949. The van der Waals surface area contributed by atoms with Crippen LogP contribution in [0.15, 0.2) is 43.7 Å². The minimum absolute atomic E-state index is 0.304. The van der Waals surface area contributed by atoms with Gasteiger partial charge in [0.15, 0.2) is 0 Å². The van der Waals surface area contributed by atoms with Gasteiger partial charge in [-0.1, -0.05) is 94.1 Å². The fourth-order valence-corrected chi connectivity index (χ4v) is 17.8. The lowest BCUT2D eigenvalue weighted by Gasteiger charge is -2.08. The summed E-state index contributed by atoms with van der Waals surface area (Å²) in [7, 11) is 2.64. The maximum Gasteiger partial charge on any atom is 0.346 e. The zero-order chi connectivity index (χ0) is 20.8. The molecule has 0 fully saturated rings. The zero-order valence-corrected chi connectivity index (χ0v) is 23.3. The predicted molar refractivity (Wildman–Crippen MR) is 145 cm³/mol. The van der Waals surface area contributed by atoms with Crippen LogP contribution in [0.1, 0.15) is 0 Å². The van der Waals surface area contributed by atoms with Crippen LogP contribution < -0.4 is 0 Å². The molecule has 5 rings (SSSR count). The molecule has 0 radical (unpaired) electrons. The lowest BCUT2D eigenvalue weighted by atomic mass is 10.5. The van der Waals surface area contributed by atoms with Crippen LogP contribution in [0.4, 0.5) is 0 Å². The minimum atomic E-state index is -0.504. The lowest BCUT2D eigenvalue weighted by molar-refractivity contribution is -0.138. The van der Waals surface area contributed by atoms with Gasteiger partial charge in [-0.15, -0.1) is 23.5 Å². The van der Waals surface area contributed by atoms with Crippen LogP contribution in [-0.2, 0) is 19.1 Å². The van der Waals surface area contributed by atoms with Gasteiger partial charge in [0.1, 0.15) is 9.81 Å². The average Bonchev–Trinajstić information content (AvgIpc) is 3.52. The van der Waals surface area contributed by atoms with E-state index < -0.39 is 11.9 Å². The molecule has 0 saturated heterocycles. The Labute approximate surface area is 216 Å². The van der Waals surface area contributed by atoms with Crippen molar-refractivity contribution in [3.05, 3.63) is 43.7 Å². The Kier molecular flexibility index (Phi) is 7.47. The average molecular weight is 587 g/mol. The van der Waals surface area contributed by atoms with E-state index in [1.54, 1.807) is 23.5 Å². The molecule has 0 saturated carbocycles. The van der Waals surface area contributed by atoms with Gasteiger partial charge in [0.2, 0.25) is 0 Å². The first-order chi connectivity index (χ1) is 14.6. The second kappa shape index (κ2) is 9.79. The van der Waals surface area contributed by atoms with Crippen LogP contribution >= 0.6 is 118 Å². The van der Waals surface area contributed by atoms with E-state index in [0.717, 1.165) is 8.47 Å².